The normalized spacial score (nSPS) is 27.9. The van der Waals surface area contributed by atoms with Crippen LogP contribution in [-0.4, -0.2) is 120 Å². The number of nitrogens with one attached hydrogen (secondary N) is 2. The zero-order valence-corrected chi connectivity index (χ0v) is 31.6. The third-order valence-electron chi connectivity index (χ3n) is 9.50. The molecule has 3 rings (SSSR count). The fraction of sp³-hybridized carbons (Fsp3) is 0.676. The first-order chi connectivity index (χ1) is 24.4. The van der Waals surface area contributed by atoms with Gasteiger partial charge in [-0.25, -0.2) is 4.79 Å². The number of esters is 2. The number of cyclic esters (lactones) is 2. The molecule has 0 aromatic heterocycles. The number of rotatable bonds is 7. The molecule has 0 aliphatic carbocycles. The van der Waals surface area contributed by atoms with E-state index in [0.29, 0.717) is 24.2 Å². The van der Waals surface area contributed by atoms with E-state index in [0.717, 1.165) is 0 Å². The summed E-state index contributed by atoms with van der Waals surface area (Å²) in [7, 11) is 2.99. The van der Waals surface area contributed by atoms with Gasteiger partial charge in [0.2, 0.25) is 17.7 Å². The third kappa shape index (κ3) is 11.1. The Morgan fingerprint density at radius 3 is 2.17 bits per heavy atom. The zero-order valence-electron chi connectivity index (χ0n) is 31.6. The van der Waals surface area contributed by atoms with Gasteiger partial charge in [0.15, 0.2) is 6.10 Å². The standard InChI is InChI=1S/C37H57N5O10/c1-20(2)16-26-35(47)42-15-9-10-27(42)36(48)41(7)28(17-23-11-13-24(50-8)14-12-23)37(49)51-19-25(38)33(45)40-31(21(3)4)29(43)18-30(44)52-32(22(5)6)34(46)39-26/h11-14,20-22,25-29,31-32,43H,9-10,15-19,38H2,1-8H3,(H,39,46)(H,40,45)/t25-,26-,27-,28-,29-,31+,32-/m0/s1. The lowest BCUT2D eigenvalue weighted by atomic mass is 9.96. The fourth-order valence-electron chi connectivity index (χ4n) is 6.49. The van der Waals surface area contributed by atoms with Crippen LogP contribution in [0.2, 0.25) is 0 Å². The van der Waals surface area contributed by atoms with Crippen LogP contribution in [0.15, 0.2) is 24.3 Å². The maximum absolute atomic E-state index is 14.2. The van der Waals surface area contributed by atoms with Crippen LogP contribution in [0.5, 0.6) is 5.75 Å². The van der Waals surface area contributed by atoms with E-state index in [1.807, 2.05) is 13.8 Å². The molecule has 52 heavy (non-hydrogen) atoms. The molecule has 2 heterocycles. The van der Waals surface area contributed by atoms with Gasteiger partial charge in [-0.1, -0.05) is 53.7 Å². The van der Waals surface area contributed by atoms with E-state index < -0.39 is 96.9 Å². The van der Waals surface area contributed by atoms with Crippen LogP contribution in [0.25, 0.3) is 0 Å². The van der Waals surface area contributed by atoms with Crippen LogP contribution in [0.1, 0.15) is 72.8 Å². The third-order valence-corrected chi connectivity index (χ3v) is 9.50. The molecular weight excluding hydrogens is 674 g/mol. The van der Waals surface area contributed by atoms with Gasteiger partial charge in [0.05, 0.1) is 25.7 Å². The molecule has 0 radical (unpaired) electrons. The van der Waals surface area contributed by atoms with Gasteiger partial charge in [-0.2, -0.15) is 0 Å². The predicted octanol–water partition coefficient (Wildman–Crippen LogP) is 0.930. The van der Waals surface area contributed by atoms with E-state index in [1.165, 1.54) is 24.0 Å². The summed E-state index contributed by atoms with van der Waals surface area (Å²) in [5.74, 6) is -4.37. The summed E-state index contributed by atoms with van der Waals surface area (Å²) in [6.07, 6.45) is -2.11. The number of aliphatic hydroxyl groups is 1. The number of likely N-dealkylation sites (N-methyl/N-ethyl adjacent to an activating group) is 1. The average Bonchev–Trinajstić information content (AvgIpc) is 3.58. The van der Waals surface area contributed by atoms with Crippen LogP contribution in [0.4, 0.5) is 0 Å². The average molecular weight is 732 g/mol. The summed E-state index contributed by atoms with van der Waals surface area (Å²) in [6, 6.07) is 1.53. The van der Waals surface area contributed by atoms with E-state index in [4.69, 9.17) is 19.9 Å². The predicted molar refractivity (Wildman–Crippen MR) is 190 cm³/mol. The SMILES string of the molecule is COc1ccc(C[C@H]2C(=O)OC[C@H](N)C(=O)N[C@H](C(C)C)[C@@H](O)CC(=O)O[C@@H](C(C)C)C(=O)N[C@@H](CC(C)C)C(=O)N3CCC[C@H]3C(=O)N2C)cc1. The first kappa shape index (κ1) is 42.2. The van der Waals surface area contributed by atoms with Crippen molar-refractivity contribution in [1.82, 2.24) is 20.4 Å². The molecule has 2 fully saturated rings. The second-order valence-corrected chi connectivity index (χ2v) is 14.8. The Bertz CT molecular complexity index is 1420. The molecule has 1 aromatic rings. The summed E-state index contributed by atoms with van der Waals surface area (Å²) < 4.78 is 16.4. The van der Waals surface area contributed by atoms with Crippen molar-refractivity contribution in [3.8, 4) is 5.75 Å². The first-order valence-corrected chi connectivity index (χ1v) is 18.1. The molecule has 2 aliphatic rings. The Morgan fingerprint density at radius 2 is 1.60 bits per heavy atom. The highest BCUT2D eigenvalue weighted by Gasteiger charge is 2.42. The molecule has 15 heteroatoms. The number of hydrogen-bond donors (Lipinski definition) is 4. The van der Waals surface area contributed by atoms with Crippen molar-refractivity contribution in [2.75, 3.05) is 27.3 Å². The minimum Gasteiger partial charge on any atom is -0.497 e. The van der Waals surface area contributed by atoms with Crippen LogP contribution in [0.3, 0.4) is 0 Å². The topological polar surface area (TPSA) is 207 Å². The lowest BCUT2D eigenvalue weighted by Crippen LogP contribution is -2.57. The van der Waals surface area contributed by atoms with Crippen molar-refractivity contribution in [1.29, 1.82) is 0 Å². The van der Waals surface area contributed by atoms with Crippen molar-refractivity contribution in [3.63, 3.8) is 0 Å². The number of methoxy groups -OCH3 is 1. The molecule has 290 valence electrons. The fourth-order valence-corrected chi connectivity index (χ4v) is 6.49. The second kappa shape index (κ2) is 19.0. The number of aliphatic hydroxyl groups excluding tert-OH is 1. The van der Waals surface area contributed by atoms with Crippen molar-refractivity contribution in [2.24, 2.45) is 23.5 Å². The molecule has 0 unspecified atom stereocenters. The molecule has 7 atom stereocenters. The number of nitrogens with zero attached hydrogens (tertiary/aromatic N) is 2. The van der Waals surface area contributed by atoms with Gasteiger partial charge in [0, 0.05) is 20.0 Å². The maximum atomic E-state index is 14.2. The number of nitrogens with two attached hydrogens (primary N) is 1. The lowest BCUT2D eigenvalue weighted by molar-refractivity contribution is -0.161. The number of amides is 4. The number of ether oxygens (including phenoxy) is 3. The highest BCUT2D eigenvalue weighted by molar-refractivity contribution is 5.95. The minimum absolute atomic E-state index is 0.0310. The molecule has 4 amide bonds. The van der Waals surface area contributed by atoms with Gasteiger partial charge in [-0.05, 0) is 54.7 Å². The Labute approximate surface area is 306 Å². The van der Waals surface area contributed by atoms with Gasteiger partial charge in [-0.3, -0.25) is 24.0 Å². The quantitative estimate of drug-likeness (QED) is 0.290. The molecule has 5 N–H and O–H groups in total. The first-order valence-electron chi connectivity index (χ1n) is 18.1. The summed E-state index contributed by atoms with van der Waals surface area (Å²) in [6.45, 7) is 10.3. The molecule has 0 bridgehead atoms. The molecule has 2 aliphatic heterocycles. The molecule has 0 spiro atoms. The van der Waals surface area contributed by atoms with Gasteiger partial charge >= 0.3 is 11.9 Å². The van der Waals surface area contributed by atoms with Crippen LogP contribution >= 0.6 is 0 Å². The Hall–Kier alpha value is -4.24. The summed E-state index contributed by atoms with van der Waals surface area (Å²) in [5.41, 5.74) is 6.82. The van der Waals surface area contributed by atoms with Crippen LogP contribution < -0.4 is 21.1 Å². The highest BCUT2D eigenvalue weighted by atomic mass is 16.6. The number of hydrogen-bond acceptors (Lipinski definition) is 11. The number of carbonyl (C=O) groups is 6. The van der Waals surface area contributed by atoms with Crippen LogP contribution in [-0.2, 0) is 44.7 Å². The van der Waals surface area contributed by atoms with E-state index >= 15 is 0 Å². The van der Waals surface area contributed by atoms with E-state index in [2.05, 4.69) is 10.6 Å². The van der Waals surface area contributed by atoms with Crippen molar-refractivity contribution in [2.45, 2.75) is 116 Å². The second-order valence-electron chi connectivity index (χ2n) is 14.8. The van der Waals surface area contributed by atoms with Gasteiger partial charge in [0.1, 0.15) is 36.5 Å². The Morgan fingerprint density at radius 1 is 0.942 bits per heavy atom. The van der Waals surface area contributed by atoms with E-state index in [-0.39, 0.29) is 31.2 Å². The number of carbonyl (C=O) groups excluding carboxylic acids is 6. The Kier molecular flexibility index (Phi) is 15.4. The molecule has 1 aromatic carbocycles. The number of fused-ring (bicyclic) bond motifs is 1. The summed E-state index contributed by atoms with van der Waals surface area (Å²) in [5, 5.41) is 16.4. The number of benzene rings is 1. The van der Waals surface area contributed by atoms with Crippen LogP contribution in [0, 0.1) is 17.8 Å². The van der Waals surface area contributed by atoms with Gasteiger partial charge in [-0.15, -0.1) is 0 Å². The molecule has 2 saturated heterocycles. The van der Waals surface area contributed by atoms with Crippen molar-refractivity contribution >= 4 is 35.6 Å². The molecular formula is C37H57N5O10. The molecule has 15 nitrogen and oxygen atoms in total. The largest absolute Gasteiger partial charge is 0.497 e. The molecule has 0 saturated carbocycles. The Balaban J connectivity index is 2.05. The highest BCUT2D eigenvalue weighted by Crippen LogP contribution is 2.25. The van der Waals surface area contributed by atoms with Crippen molar-refractivity contribution < 1.29 is 48.1 Å². The van der Waals surface area contributed by atoms with Gasteiger partial charge in [0.25, 0.3) is 5.91 Å². The van der Waals surface area contributed by atoms with Crippen molar-refractivity contribution in [3.05, 3.63) is 29.8 Å². The monoisotopic (exact) mass is 731 g/mol. The minimum atomic E-state index is -1.41. The van der Waals surface area contributed by atoms with Gasteiger partial charge < -0.3 is 45.5 Å². The summed E-state index contributed by atoms with van der Waals surface area (Å²) in [4.78, 5) is 84.7. The van der Waals surface area contributed by atoms with E-state index in [1.54, 1.807) is 52.0 Å². The lowest BCUT2D eigenvalue weighted by Gasteiger charge is -2.34. The van der Waals surface area contributed by atoms with E-state index in [9.17, 15) is 33.9 Å². The summed E-state index contributed by atoms with van der Waals surface area (Å²) >= 11 is 0. The zero-order chi connectivity index (χ0) is 38.9. The smallest absolute Gasteiger partial charge is 0.329 e. The maximum Gasteiger partial charge on any atom is 0.329 e.